The standard InChI is InChI=1S/C20H25N3O5/c1-22-19(26)23(18(25)20(22)9-5-2-6-10-20)12-17(24)21-11-14-13-27-15-7-3-4-8-16(15)28-14/h3-4,7-8,14H,2,5-6,9-13H2,1H3,(H,21,24)/t14-/m1/s1. The molecule has 0 bridgehead atoms. The molecule has 1 saturated heterocycles. The summed E-state index contributed by atoms with van der Waals surface area (Å²) in [6, 6.07) is 6.96. The number of benzene rings is 1. The first-order chi connectivity index (χ1) is 13.5. The molecule has 8 heteroatoms. The van der Waals surface area contributed by atoms with Gasteiger partial charge in [-0.25, -0.2) is 4.79 Å². The molecule has 0 radical (unpaired) electrons. The fraction of sp³-hybridized carbons (Fsp3) is 0.550. The molecule has 1 aliphatic carbocycles. The van der Waals surface area contributed by atoms with Crippen molar-refractivity contribution in [2.75, 3.05) is 26.7 Å². The molecule has 0 aromatic heterocycles. The molecular formula is C20H25N3O5. The lowest BCUT2D eigenvalue weighted by Gasteiger charge is -2.35. The van der Waals surface area contributed by atoms with Gasteiger partial charge in [0.25, 0.3) is 5.91 Å². The van der Waals surface area contributed by atoms with Crippen LogP contribution in [0.15, 0.2) is 24.3 Å². The lowest BCUT2D eigenvalue weighted by Crippen LogP contribution is -2.50. The minimum Gasteiger partial charge on any atom is -0.486 e. The molecule has 0 unspecified atom stereocenters. The van der Waals surface area contributed by atoms with Crippen molar-refractivity contribution >= 4 is 17.8 Å². The quantitative estimate of drug-likeness (QED) is 0.792. The number of amides is 4. The summed E-state index contributed by atoms with van der Waals surface area (Å²) in [6.45, 7) is 0.295. The van der Waals surface area contributed by atoms with Crippen LogP contribution in [0.4, 0.5) is 4.79 Å². The molecule has 1 N–H and O–H groups in total. The summed E-state index contributed by atoms with van der Waals surface area (Å²) < 4.78 is 11.4. The summed E-state index contributed by atoms with van der Waals surface area (Å²) in [4.78, 5) is 40.5. The maximum Gasteiger partial charge on any atom is 0.327 e. The van der Waals surface area contributed by atoms with E-state index in [1.54, 1.807) is 7.05 Å². The van der Waals surface area contributed by atoms with Gasteiger partial charge in [-0.2, -0.15) is 0 Å². The number of fused-ring (bicyclic) bond motifs is 1. The first-order valence-electron chi connectivity index (χ1n) is 9.76. The van der Waals surface area contributed by atoms with Crippen LogP contribution in [0.2, 0.25) is 0 Å². The molecule has 1 atom stereocenters. The van der Waals surface area contributed by atoms with Gasteiger partial charge >= 0.3 is 6.03 Å². The summed E-state index contributed by atoms with van der Waals surface area (Å²) >= 11 is 0. The van der Waals surface area contributed by atoms with Gasteiger partial charge in [0.2, 0.25) is 5.91 Å². The Morgan fingerprint density at radius 2 is 1.89 bits per heavy atom. The van der Waals surface area contributed by atoms with Crippen molar-refractivity contribution in [2.45, 2.75) is 43.7 Å². The maximum atomic E-state index is 12.9. The topological polar surface area (TPSA) is 88.2 Å². The van der Waals surface area contributed by atoms with Crippen molar-refractivity contribution in [2.24, 2.45) is 0 Å². The largest absolute Gasteiger partial charge is 0.486 e. The van der Waals surface area contributed by atoms with Crippen LogP contribution in [-0.4, -0.2) is 66.0 Å². The van der Waals surface area contributed by atoms with Gasteiger partial charge in [0.1, 0.15) is 24.8 Å². The summed E-state index contributed by atoms with van der Waals surface area (Å²) in [5.74, 6) is 0.685. The van der Waals surface area contributed by atoms with E-state index in [0.29, 0.717) is 30.9 Å². The molecule has 4 amide bonds. The SMILES string of the molecule is CN1C(=O)N(CC(=O)NC[C@@H]2COc3ccccc3O2)C(=O)C12CCCCC2. The van der Waals surface area contributed by atoms with E-state index in [9.17, 15) is 14.4 Å². The minimum absolute atomic E-state index is 0.240. The Balaban J connectivity index is 1.33. The lowest BCUT2D eigenvalue weighted by molar-refractivity contribution is -0.137. The highest BCUT2D eigenvalue weighted by atomic mass is 16.6. The number of hydrogen-bond acceptors (Lipinski definition) is 5. The Hall–Kier alpha value is -2.77. The zero-order chi connectivity index (χ0) is 19.7. The highest BCUT2D eigenvalue weighted by Crippen LogP contribution is 2.39. The van der Waals surface area contributed by atoms with E-state index in [1.807, 2.05) is 24.3 Å². The lowest BCUT2D eigenvalue weighted by atomic mass is 9.81. The summed E-state index contributed by atoms with van der Waals surface area (Å²) in [5.41, 5.74) is -0.764. The van der Waals surface area contributed by atoms with E-state index in [4.69, 9.17) is 9.47 Å². The fourth-order valence-electron chi connectivity index (χ4n) is 4.26. The van der Waals surface area contributed by atoms with Crippen molar-refractivity contribution in [3.8, 4) is 11.5 Å². The molecule has 4 rings (SSSR count). The van der Waals surface area contributed by atoms with Gasteiger partial charge in [-0.05, 0) is 25.0 Å². The zero-order valence-corrected chi connectivity index (χ0v) is 16.0. The molecule has 1 spiro atoms. The van der Waals surface area contributed by atoms with E-state index in [2.05, 4.69) is 5.32 Å². The second-order valence-electron chi connectivity index (χ2n) is 7.63. The summed E-state index contributed by atoms with van der Waals surface area (Å²) in [6.07, 6.45) is 3.92. The number of nitrogens with zero attached hydrogens (tertiary/aromatic N) is 2. The Morgan fingerprint density at radius 1 is 1.18 bits per heavy atom. The molecule has 2 aliphatic heterocycles. The van der Waals surface area contributed by atoms with Gasteiger partial charge in [0.05, 0.1) is 6.54 Å². The maximum absolute atomic E-state index is 12.9. The molecule has 3 aliphatic rings. The Morgan fingerprint density at radius 3 is 2.64 bits per heavy atom. The van der Waals surface area contributed by atoms with Crippen LogP contribution < -0.4 is 14.8 Å². The molecule has 1 aromatic rings. The number of para-hydroxylation sites is 2. The second kappa shape index (κ2) is 7.33. The number of carbonyl (C=O) groups excluding carboxylic acids is 3. The van der Waals surface area contributed by atoms with Crippen LogP contribution in [-0.2, 0) is 9.59 Å². The number of hydrogen-bond donors (Lipinski definition) is 1. The third kappa shape index (κ3) is 3.16. The molecule has 1 saturated carbocycles. The van der Waals surface area contributed by atoms with Crippen LogP contribution in [0.3, 0.4) is 0 Å². The van der Waals surface area contributed by atoms with Crippen molar-refractivity contribution in [1.82, 2.24) is 15.1 Å². The van der Waals surface area contributed by atoms with Gasteiger partial charge in [-0.15, -0.1) is 0 Å². The molecule has 8 nitrogen and oxygen atoms in total. The van der Waals surface area contributed by atoms with E-state index >= 15 is 0 Å². The van der Waals surface area contributed by atoms with Gasteiger partial charge < -0.3 is 19.7 Å². The van der Waals surface area contributed by atoms with E-state index in [-0.39, 0.29) is 31.0 Å². The van der Waals surface area contributed by atoms with Crippen molar-refractivity contribution in [3.63, 3.8) is 0 Å². The van der Waals surface area contributed by atoms with Gasteiger partial charge in [0, 0.05) is 7.05 Å². The van der Waals surface area contributed by atoms with E-state index < -0.39 is 11.6 Å². The Labute approximate surface area is 163 Å². The number of ether oxygens (including phenoxy) is 2. The predicted octanol–water partition coefficient (Wildman–Crippen LogP) is 1.54. The first kappa shape index (κ1) is 18.6. The number of likely N-dealkylation sites (N-methyl/N-ethyl adjacent to an activating group) is 1. The molecule has 1 aromatic carbocycles. The fourth-order valence-corrected chi connectivity index (χ4v) is 4.26. The van der Waals surface area contributed by atoms with Crippen LogP contribution in [0, 0.1) is 0 Å². The smallest absolute Gasteiger partial charge is 0.327 e. The average Bonchev–Trinajstić information content (AvgIpc) is 2.89. The van der Waals surface area contributed by atoms with Crippen molar-refractivity contribution < 1.29 is 23.9 Å². The third-order valence-corrected chi connectivity index (χ3v) is 5.88. The summed E-state index contributed by atoms with van der Waals surface area (Å²) in [7, 11) is 1.66. The summed E-state index contributed by atoms with van der Waals surface area (Å²) in [5, 5.41) is 2.75. The minimum atomic E-state index is -0.764. The average molecular weight is 387 g/mol. The van der Waals surface area contributed by atoms with Crippen LogP contribution in [0.5, 0.6) is 11.5 Å². The molecule has 150 valence electrons. The van der Waals surface area contributed by atoms with Gasteiger partial charge in [0.15, 0.2) is 11.5 Å². The third-order valence-electron chi connectivity index (χ3n) is 5.88. The van der Waals surface area contributed by atoms with Crippen molar-refractivity contribution in [3.05, 3.63) is 24.3 Å². The van der Waals surface area contributed by atoms with Gasteiger partial charge in [-0.3, -0.25) is 14.5 Å². The second-order valence-corrected chi connectivity index (χ2v) is 7.63. The normalized spacial score (nSPS) is 23.2. The molecular weight excluding hydrogens is 362 g/mol. The number of rotatable bonds is 4. The van der Waals surface area contributed by atoms with Crippen LogP contribution in [0.25, 0.3) is 0 Å². The highest BCUT2D eigenvalue weighted by molar-refractivity contribution is 6.08. The van der Waals surface area contributed by atoms with Crippen LogP contribution >= 0.6 is 0 Å². The Kier molecular flexibility index (Phi) is 4.87. The highest BCUT2D eigenvalue weighted by Gasteiger charge is 2.55. The van der Waals surface area contributed by atoms with Gasteiger partial charge in [-0.1, -0.05) is 31.4 Å². The molecule has 28 heavy (non-hydrogen) atoms. The number of imide groups is 1. The number of urea groups is 1. The van der Waals surface area contributed by atoms with E-state index in [0.717, 1.165) is 24.2 Å². The zero-order valence-electron chi connectivity index (χ0n) is 16.0. The predicted molar refractivity (Wildman–Crippen MR) is 100 cm³/mol. The molecule has 2 fully saturated rings. The van der Waals surface area contributed by atoms with Crippen molar-refractivity contribution in [1.29, 1.82) is 0 Å². The molecule has 2 heterocycles. The number of nitrogens with one attached hydrogen (secondary N) is 1. The van der Waals surface area contributed by atoms with Crippen LogP contribution in [0.1, 0.15) is 32.1 Å². The number of carbonyl (C=O) groups is 3. The van der Waals surface area contributed by atoms with E-state index in [1.165, 1.54) is 4.90 Å². The first-order valence-corrected chi connectivity index (χ1v) is 9.76. The Bertz CT molecular complexity index is 790. The monoisotopic (exact) mass is 387 g/mol.